The zero-order valence-electron chi connectivity index (χ0n) is 16.7. The first kappa shape index (κ1) is 22.7. The summed E-state index contributed by atoms with van der Waals surface area (Å²) in [6.45, 7) is 2.22. The molecular weight excluding hydrogens is 484 g/mol. The lowest BCUT2D eigenvalue weighted by atomic mass is 10.2. The second-order valence-electron chi connectivity index (χ2n) is 6.78. The van der Waals surface area contributed by atoms with E-state index in [2.05, 4.69) is 37.4 Å². The summed E-state index contributed by atoms with van der Waals surface area (Å²) < 4.78 is 6.17. The van der Waals surface area contributed by atoms with Crippen LogP contribution < -0.4 is 26.2 Å². The standard InChI is InChI=1S/C21H21BrN4O4S/c1-2-30-17-10-7-14(22)11-16(17)20(29)24-21(31)26-25-19(28)13-5-8-15(9-6-13)23-18(27)12-3-4-12/h5-12H,2-4H2,1H3,(H,23,27)(H,25,28)(H2,24,26,29,31). The molecule has 1 aliphatic rings. The summed E-state index contributed by atoms with van der Waals surface area (Å²) in [7, 11) is 0. The number of thiocarbonyl (C=S) groups is 1. The van der Waals surface area contributed by atoms with E-state index in [0.29, 0.717) is 33.6 Å². The summed E-state index contributed by atoms with van der Waals surface area (Å²) in [5.74, 6) is -0.409. The zero-order valence-corrected chi connectivity index (χ0v) is 19.1. The Morgan fingerprint density at radius 2 is 1.77 bits per heavy atom. The Kier molecular flexibility index (Phi) is 7.59. The number of rotatable bonds is 6. The van der Waals surface area contributed by atoms with Crippen molar-refractivity contribution in [1.29, 1.82) is 0 Å². The van der Waals surface area contributed by atoms with Crippen LogP contribution in [-0.4, -0.2) is 29.4 Å². The molecule has 0 bridgehead atoms. The number of hydrazine groups is 1. The number of anilines is 1. The van der Waals surface area contributed by atoms with Gasteiger partial charge in [-0.1, -0.05) is 15.9 Å². The Labute approximate surface area is 193 Å². The van der Waals surface area contributed by atoms with Gasteiger partial charge >= 0.3 is 0 Å². The number of ether oxygens (including phenoxy) is 1. The SMILES string of the molecule is CCOc1ccc(Br)cc1C(=O)NC(=S)NNC(=O)c1ccc(NC(=O)C2CC2)cc1. The van der Waals surface area contributed by atoms with Crippen LogP contribution >= 0.6 is 28.1 Å². The largest absolute Gasteiger partial charge is 0.493 e. The van der Waals surface area contributed by atoms with Crippen LogP contribution in [0.4, 0.5) is 5.69 Å². The van der Waals surface area contributed by atoms with E-state index in [1.807, 2.05) is 6.92 Å². The van der Waals surface area contributed by atoms with Crippen molar-refractivity contribution in [1.82, 2.24) is 16.2 Å². The lowest BCUT2D eigenvalue weighted by Gasteiger charge is -2.13. The van der Waals surface area contributed by atoms with E-state index in [9.17, 15) is 14.4 Å². The van der Waals surface area contributed by atoms with Gasteiger partial charge in [0, 0.05) is 21.6 Å². The van der Waals surface area contributed by atoms with Gasteiger partial charge in [-0.05, 0) is 74.4 Å². The quantitative estimate of drug-likeness (QED) is 0.355. The summed E-state index contributed by atoms with van der Waals surface area (Å²) in [5, 5.41) is 5.23. The fourth-order valence-corrected chi connectivity index (χ4v) is 3.15. The molecule has 1 saturated carbocycles. The van der Waals surface area contributed by atoms with Crippen molar-refractivity contribution in [3.05, 3.63) is 58.1 Å². The van der Waals surface area contributed by atoms with E-state index >= 15 is 0 Å². The van der Waals surface area contributed by atoms with Crippen LogP contribution in [0.25, 0.3) is 0 Å². The number of hydrogen-bond acceptors (Lipinski definition) is 5. The minimum atomic E-state index is -0.479. The van der Waals surface area contributed by atoms with E-state index in [1.54, 1.807) is 42.5 Å². The first-order valence-electron chi connectivity index (χ1n) is 9.62. The highest BCUT2D eigenvalue weighted by Gasteiger charge is 2.29. The van der Waals surface area contributed by atoms with E-state index in [-0.39, 0.29) is 16.9 Å². The van der Waals surface area contributed by atoms with E-state index in [1.165, 1.54) is 0 Å². The topological polar surface area (TPSA) is 109 Å². The van der Waals surface area contributed by atoms with Gasteiger partial charge in [-0.3, -0.25) is 30.6 Å². The van der Waals surface area contributed by atoms with Crippen LogP contribution in [0.15, 0.2) is 46.9 Å². The number of benzene rings is 2. The summed E-state index contributed by atoms with van der Waals surface area (Å²) in [6, 6.07) is 11.5. The molecule has 3 amide bonds. The number of nitrogens with one attached hydrogen (secondary N) is 4. The summed E-state index contributed by atoms with van der Waals surface area (Å²) >= 11 is 8.40. The first-order valence-corrected chi connectivity index (χ1v) is 10.8. The molecule has 4 N–H and O–H groups in total. The van der Waals surface area contributed by atoms with Gasteiger partial charge in [0.1, 0.15) is 5.75 Å². The lowest BCUT2D eigenvalue weighted by Crippen LogP contribution is -2.48. The monoisotopic (exact) mass is 504 g/mol. The molecule has 0 aliphatic heterocycles. The predicted octanol–water partition coefficient (Wildman–Crippen LogP) is 3.15. The van der Waals surface area contributed by atoms with E-state index in [0.717, 1.165) is 12.8 Å². The molecule has 162 valence electrons. The van der Waals surface area contributed by atoms with Crippen LogP contribution in [0.1, 0.15) is 40.5 Å². The molecule has 31 heavy (non-hydrogen) atoms. The van der Waals surface area contributed by atoms with Crippen molar-refractivity contribution in [2.45, 2.75) is 19.8 Å². The average Bonchev–Trinajstić information content (AvgIpc) is 3.59. The molecule has 3 rings (SSSR count). The van der Waals surface area contributed by atoms with Gasteiger partial charge in [0.05, 0.1) is 12.2 Å². The molecule has 0 aromatic heterocycles. The summed E-state index contributed by atoms with van der Waals surface area (Å²) in [5.41, 5.74) is 6.21. The second kappa shape index (κ2) is 10.4. The van der Waals surface area contributed by atoms with Crippen molar-refractivity contribution < 1.29 is 19.1 Å². The Bertz CT molecular complexity index is 1010. The fraction of sp³-hybridized carbons (Fsp3) is 0.238. The molecule has 10 heteroatoms. The molecular formula is C21H21BrN4O4S. The molecule has 0 heterocycles. The maximum atomic E-state index is 12.5. The van der Waals surface area contributed by atoms with Crippen molar-refractivity contribution >= 4 is 56.7 Å². The first-order chi connectivity index (χ1) is 14.9. The van der Waals surface area contributed by atoms with Gasteiger partial charge in [-0.15, -0.1) is 0 Å². The third kappa shape index (κ3) is 6.50. The summed E-state index contributed by atoms with van der Waals surface area (Å²) in [6.07, 6.45) is 1.84. The van der Waals surface area contributed by atoms with E-state index in [4.69, 9.17) is 17.0 Å². The van der Waals surface area contributed by atoms with E-state index < -0.39 is 11.8 Å². The van der Waals surface area contributed by atoms with Gasteiger partial charge in [-0.2, -0.15) is 0 Å². The van der Waals surface area contributed by atoms with Crippen LogP contribution in [0.2, 0.25) is 0 Å². The number of amides is 3. The minimum absolute atomic E-state index is 0.00195. The van der Waals surface area contributed by atoms with Crippen LogP contribution in [0, 0.1) is 5.92 Å². The van der Waals surface area contributed by atoms with Gasteiger partial charge in [0.15, 0.2) is 5.11 Å². The van der Waals surface area contributed by atoms with Crippen molar-refractivity contribution in [2.24, 2.45) is 5.92 Å². The molecule has 0 unspecified atom stereocenters. The normalized spacial score (nSPS) is 12.5. The minimum Gasteiger partial charge on any atom is -0.493 e. The molecule has 2 aromatic rings. The van der Waals surface area contributed by atoms with Crippen molar-refractivity contribution in [3.8, 4) is 5.75 Å². The highest BCUT2D eigenvalue weighted by Crippen LogP contribution is 2.30. The van der Waals surface area contributed by atoms with Gasteiger partial charge in [0.25, 0.3) is 11.8 Å². The van der Waals surface area contributed by atoms with Crippen LogP contribution in [0.3, 0.4) is 0 Å². The van der Waals surface area contributed by atoms with Crippen molar-refractivity contribution in [2.75, 3.05) is 11.9 Å². The number of carbonyl (C=O) groups excluding carboxylic acids is 3. The highest BCUT2D eigenvalue weighted by molar-refractivity contribution is 9.10. The average molecular weight is 505 g/mol. The lowest BCUT2D eigenvalue weighted by molar-refractivity contribution is -0.117. The van der Waals surface area contributed by atoms with Crippen molar-refractivity contribution in [3.63, 3.8) is 0 Å². The van der Waals surface area contributed by atoms with Crippen LogP contribution in [0.5, 0.6) is 5.75 Å². The Morgan fingerprint density at radius 3 is 2.42 bits per heavy atom. The third-order valence-corrected chi connectivity index (χ3v) is 5.06. The number of carbonyl (C=O) groups is 3. The molecule has 0 atom stereocenters. The number of halogens is 1. The molecule has 0 radical (unpaired) electrons. The molecule has 2 aromatic carbocycles. The highest BCUT2D eigenvalue weighted by atomic mass is 79.9. The number of hydrogen-bond donors (Lipinski definition) is 4. The van der Waals surface area contributed by atoms with Gasteiger partial charge in [-0.25, -0.2) is 0 Å². The Morgan fingerprint density at radius 1 is 1.06 bits per heavy atom. The molecule has 0 saturated heterocycles. The molecule has 1 fully saturated rings. The third-order valence-electron chi connectivity index (χ3n) is 4.37. The molecule has 1 aliphatic carbocycles. The van der Waals surface area contributed by atoms with Crippen LogP contribution in [-0.2, 0) is 4.79 Å². The fourth-order valence-electron chi connectivity index (χ4n) is 2.64. The predicted molar refractivity (Wildman–Crippen MR) is 124 cm³/mol. The zero-order chi connectivity index (χ0) is 22.4. The smallest absolute Gasteiger partial charge is 0.269 e. The molecule has 8 nitrogen and oxygen atoms in total. The maximum absolute atomic E-state index is 12.5. The summed E-state index contributed by atoms with van der Waals surface area (Å²) in [4.78, 5) is 36.6. The maximum Gasteiger partial charge on any atom is 0.269 e. The van der Waals surface area contributed by atoms with Gasteiger partial charge in [0.2, 0.25) is 5.91 Å². The second-order valence-corrected chi connectivity index (χ2v) is 8.10. The molecule has 0 spiro atoms. The Hall–Kier alpha value is -2.98. The Balaban J connectivity index is 1.51. The van der Waals surface area contributed by atoms with Gasteiger partial charge < -0.3 is 10.1 Å².